The first-order valence-electron chi connectivity index (χ1n) is 11.1. The Morgan fingerprint density at radius 3 is 2.70 bits per heavy atom. The van der Waals surface area contributed by atoms with Crippen molar-refractivity contribution in [1.29, 1.82) is 0 Å². The summed E-state index contributed by atoms with van der Waals surface area (Å²) in [6, 6.07) is 5.01. The monoisotopic (exact) mass is 504 g/mol. The zero-order chi connectivity index (χ0) is 23.6. The summed E-state index contributed by atoms with van der Waals surface area (Å²) in [6.45, 7) is 6.18. The van der Waals surface area contributed by atoms with Gasteiger partial charge in [0.15, 0.2) is 0 Å². The predicted octanol–water partition coefficient (Wildman–Crippen LogP) is 4.64. The molecule has 0 fully saturated rings. The molecule has 176 valence electrons. The van der Waals surface area contributed by atoms with Crippen molar-refractivity contribution in [3.63, 3.8) is 0 Å². The van der Waals surface area contributed by atoms with Crippen LogP contribution in [0, 0.1) is 6.92 Å². The Labute approximate surface area is 203 Å². The SMILES string of the molecule is CCN(CC)S(=O)(=O)c1cc(NC(=O)CSc2ncnc3sc4c(c23)CCCC4)ccc1C. The fraction of sp³-hybridized carbons (Fsp3) is 0.435. The Morgan fingerprint density at radius 2 is 1.94 bits per heavy atom. The van der Waals surface area contributed by atoms with Crippen LogP contribution in [0.4, 0.5) is 5.69 Å². The minimum atomic E-state index is -3.61. The first kappa shape index (κ1) is 24.1. The maximum absolute atomic E-state index is 13.0. The maximum Gasteiger partial charge on any atom is 0.243 e. The topological polar surface area (TPSA) is 92.3 Å². The number of rotatable bonds is 8. The molecule has 0 radical (unpaired) electrons. The molecule has 1 aliphatic rings. The van der Waals surface area contributed by atoms with Crippen LogP contribution in [0.1, 0.15) is 42.7 Å². The highest BCUT2D eigenvalue weighted by Crippen LogP contribution is 2.39. The Morgan fingerprint density at radius 1 is 1.18 bits per heavy atom. The molecule has 0 unspecified atom stereocenters. The van der Waals surface area contributed by atoms with Crippen molar-refractivity contribution in [1.82, 2.24) is 14.3 Å². The second kappa shape index (κ2) is 10.1. The van der Waals surface area contributed by atoms with Gasteiger partial charge in [-0.05, 0) is 55.9 Å². The van der Waals surface area contributed by atoms with Crippen LogP contribution in [-0.4, -0.2) is 47.4 Å². The second-order valence-electron chi connectivity index (χ2n) is 7.98. The van der Waals surface area contributed by atoms with Gasteiger partial charge in [0.1, 0.15) is 16.2 Å². The molecule has 2 aromatic heterocycles. The molecule has 0 atom stereocenters. The van der Waals surface area contributed by atoms with Crippen LogP contribution in [0.25, 0.3) is 10.2 Å². The average Bonchev–Trinajstić information content (AvgIpc) is 3.19. The lowest BCUT2D eigenvalue weighted by Gasteiger charge is -2.20. The van der Waals surface area contributed by atoms with E-state index in [1.807, 2.05) is 13.8 Å². The van der Waals surface area contributed by atoms with Crippen LogP contribution in [0.2, 0.25) is 0 Å². The van der Waals surface area contributed by atoms with Crippen molar-refractivity contribution in [2.45, 2.75) is 56.4 Å². The van der Waals surface area contributed by atoms with E-state index in [4.69, 9.17) is 0 Å². The summed E-state index contributed by atoms with van der Waals surface area (Å²) in [5, 5.41) is 4.78. The molecule has 0 spiro atoms. The van der Waals surface area contributed by atoms with Crippen molar-refractivity contribution in [2.75, 3.05) is 24.2 Å². The summed E-state index contributed by atoms with van der Waals surface area (Å²) in [7, 11) is -3.61. The summed E-state index contributed by atoms with van der Waals surface area (Å²) < 4.78 is 27.4. The maximum atomic E-state index is 13.0. The molecule has 0 aliphatic heterocycles. The lowest BCUT2D eigenvalue weighted by molar-refractivity contribution is -0.113. The third-order valence-electron chi connectivity index (χ3n) is 5.85. The van der Waals surface area contributed by atoms with E-state index in [9.17, 15) is 13.2 Å². The number of hydrogen-bond donors (Lipinski definition) is 1. The lowest BCUT2D eigenvalue weighted by Crippen LogP contribution is -2.31. The summed E-state index contributed by atoms with van der Waals surface area (Å²) in [5.74, 6) is -0.0196. The predicted molar refractivity (Wildman–Crippen MR) is 135 cm³/mol. The third kappa shape index (κ3) is 4.94. The van der Waals surface area contributed by atoms with E-state index < -0.39 is 10.0 Å². The van der Waals surface area contributed by atoms with Gasteiger partial charge in [-0.15, -0.1) is 11.3 Å². The first-order chi connectivity index (χ1) is 15.8. The van der Waals surface area contributed by atoms with Gasteiger partial charge in [0.05, 0.1) is 10.6 Å². The number of benzene rings is 1. The van der Waals surface area contributed by atoms with Crippen LogP contribution in [0.3, 0.4) is 0 Å². The highest BCUT2D eigenvalue weighted by Gasteiger charge is 2.24. The van der Waals surface area contributed by atoms with Gasteiger partial charge in [-0.1, -0.05) is 31.7 Å². The third-order valence-corrected chi connectivity index (χ3v) is 10.2. The number of fused-ring (bicyclic) bond motifs is 3. The van der Waals surface area contributed by atoms with Crippen molar-refractivity contribution in [3.05, 3.63) is 40.5 Å². The van der Waals surface area contributed by atoms with Gasteiger partial charge in [-0.25, -0.2) is 18.4 Å². The molecule has 1 N–H and O–H groups in total. The van der Waals surface area contributed by atoms with Crippen LogP contribution in [0.5, 0.6) is 0 Å². The molecule has 7 nitrogen and oxygen atoms in total. The number of carbonyl (C=O) groups excluding carboxylic acids is 1. The largest absolute Gasteiger partial charge is 0.325 e. The average molecular weight is 505 g/mol. The van der Waals surface area contributed by atoms with Crippen LogP contribution >= 0.6 is 23.1 Å². The number of thiophene rings is 1. The first-order valence-corrected chi connectivity index (χ1v) is 14.4. The molecule has 1 aromatic carbocycles. The van der Waals surface area contributed by atoms with Crippen LogP contribution in [0.15, 0.2) is 34.4 Å². The number of hydrogen-bond acceptors (Lipinski definition) is 7. The van der Waals surface area contributed by atoms with Crippen LogP contribution in [-0.2, 0) is 27.7 Å². The molecule has 1 amide bonds. The smallest absolute Gasteiger partial charge is 0.243 e. The number of amides is 1. The number of thioether (sulfide) groups is 1. The number of nitrogens with one attached hydrogen (secondary N) is 1. The van der Waals surface area contributed by atoms with E-state index in [1.165, 1.54) is 39.3 Å². The number of sulfonamides is 1. The van der Waals surface area contributed by atoms with E-state index in [1.54, 1.807) is 42.8 Å². The molecule has 4 rings (SSSR count). The van der Waals surface area contributed by atoms with Gasteiger partial charge in [0.2, 0.25) is 15.9 Å². The minimum absolute atomic E-state index is 0.183. The summed E-state index contributed by atoms with van der Waals surface area (Å²) >= 11 is 3.13. The number of nitrogens with zero attached hydrogens (tertiary/aromatic N) is 3. The second-order valence-corrected chi connectivity index (χ2v) is 11.9. The number of aromatic nitrogens is 2. The zero-order valence-corrected chi connectivity index (χ0v) is 21.5. The fourth-order valence-corrected chi connectivity index (χ4v) is 7.99. The molecule has 3 aromatic rings. The molecular formula is C23H28N4O3S3. The molecule has 0 bridgehead atoms. The molecule has 0 saturated carbocycles. The Balaban J connectivity index is 1.50. The van der Waals surface area contributed by atoms with Gasteiger partial charge in [-0.3, -0.25) is 4.79 Å². The summed E-state index contributed by atoms with van der Waals surface area (Å²) in [4.78, 5) is 24.2. The van der Waals surface area contributed by atoms with Gasteiger partial charge in [0.25, 0.3) is 0 Å². The number of aryl methyl sites for hydroxylation is 3. The number of anilines is 1. The van der Waals surface area contributed by atoms with Gasteiger partial charge >= 0.3 is 0 Å². The Bertz CT molecular complexity index is 1280. The van der Waals surface area contributed by atoms with Crippen LogP contribution < -0.4 is 5.32 Å². The van der Waals surface area contributed by atoms with Crippen molar-refractivity contribution < 1.29 is 13.2 Å². The minimum Gasteiger partial charge on any atom is -0.325 e. The van der Waals surface area contributed by atoms with E-state index in [0.29, 0.717) is 24.3 Å². The van der Waals surface area contributed by atoms with Gasteiger partial charge in [0, 0.05) is 29.0 Å². The van der Waals surface area contributed by atoms with E-state index in [-0.39, 0.29) is 16.6 Å². The quantitative estimate of drug-likeness (QED) is 0.355. The molecule has 0 saturated heterocycles. The summed E-state index contributed by atoms with van der Waals surface area (Å²) in [5.41, 5.74) is 2.46. The Hall–Kier alpha value is -2.01. The fourth-order valence-electron chi connectivity index (χ4n) is 4.16. The lowest BCUT2D eigenvalue weighted by atomic mass is 9.97. The molecular weight excluding hydrogens is 476 g/mol. The van der Waals surface area contributed by atoms with E-state index in [2.05, 4.69) is 15.3 Å². The Kier molecular flexibility index (Phi) is 7.37. The normalized spacial score (nSPS) is 13.9. The van der Waals surface area contributed by atoms with Crippen molar-refractivity contribution in [2.24, 2.45) is 0 Å². The molecule has 33 heavy (non-hydrogen) atoms. The highest BCUT2D eigenvalue weighted by atomic mass is 32.2. The standard InChI is InChI=1S/C23H28N4O3S3/c1-4-27(5-2)33(29,30)19-12-16(11-10-15(19)3)26-20(28)13-31-22-21-17-8-6-7-9-18(17)32-23(21)25-14-24-22/h10-12,14H,4-9,13H2,1-3H3,(H,26,28). The van der Waals surface area contributed by atoms with E-state index >= 15 is 0 Å². The van der Waals surface area contributed by atoms with Gasteiger partial charge in [-0.2, -0.15) is 4.31 Å². The van der Waals surface area contributed by atoms with Gasteiger partial charge < -0.3 is 5.32 Å². The van der Waals surface area contributed by atoms with Crippen molar-refractivity contribution >= 4 is 54.9 Å². The number of carbonyl (C=O) groups is 1. The summed E-state index contributed by atoms with van der Waals surface area (Å²) in [6.07, 6.45) is 6.07. The van der Waals surface area contributed by atoms with E-state index in [0.717, 1.165) is 28.1 Å². The molecule has 10 heteroatoms. The van der Waals surface area contributed by atoms with Crippen molar-refractivity contribution in [3.8, 4) is 0 Å². The highest BCUT2D eigenvalue weighted by molar-refractivity contribution is 8.00. The zero-order valence-electron chi connectivity index (χ0n) is 19.1. The molecule has 2 heterocycles. The molecule has 1 aliphatic carbocycles.